The highest BCUT2D eigenvalue weighted by atomic mass is 19.4. The fraction of sp³-hybridized carbons (Fsp3) is 0.231. The van der Waals surface area contributed by atoms with Crippen molar-refractivity contribution in [3.8, 4) is 11.4 Å². The van der Waals surface area contributed by atoms with Gasteiger partial charge in [0.05, 0.1) is 35.2 Å². The second-order valence-electron chi connectivity index (χ2n) is 8.54. The summed E-state index contributed by atoms with van der Waals surface area (Å²) in [6.45, 7) is 2.53. The van der Waals surface area contributed by atoms with E-state index in [0.29, 0.717) is 37.8 Å². The van der Waals surface area contributed by atoms with E-state index in [9.17, 15) is 22.8 Å². The largest absolute Gasteiger partial charge is 0.416 e. The van der Waals surface area contributed by atoms with Gasteiger partial charge in [-0.15, -0.1) is 0 Å². The molecule has 2 aromatic carbocycles. The molecule has 1 amide bonds. The molecule has 0 atom stereocenters. The monoisotopic (exact) mass is 509 g/mol. The number of para-hydroxylation sites is 1. The SMILES string of the molecule is Cn1c(-c2cccc(C(F)(F)F)c2)nc2c(C(=O)Nc3ccnc(N4CCOCC4)c3)cccc2c1=O. The van der Waals surface area contributed by atoms with Gasteiger partial charge in [-0.05, 0) is 30.3 Å². The normalized spacial score (nSPS) is 14.1. The Morgan fingerprint density at radius 2 is 1.81 bits per heavy atom. The number of aromatic nitrogens is 3. The Morgan fingerprint density at radius 3 is 2.57 bits per heavy atom. The third-order valence-corrected chi connectivity index (χ3v) is 6.14. The quantitative estimate of drug-likeness (QED) is 0.446. The maximum absolute atomic E-state index is 13.3. The minimum absolute atomic E-state index is 0.0161. The number of ether oxygens (including phenoxy) is 1. The summed E-state index contributed by atoms with van der Waals surface area (Å²) >= 11 is 0. The van der Waals surface area contributed by atoms with Gasteiger partial charge in [-0.2, -0.15) is 13.2 Å². The molecule has 37 heavy (non-hydrogen) atoms. The van der Waals surface area contributed by atoms with Crippen LogP contribution in [0.3, 0.4) is 0 Å². The Bertz CT molecular complexity index is 1550. The fourth-order valence-electron chi connectivity index (χ4n) is 4.23. The van der Waals surface area contributed by atoms with Crippen LogP contribution in [0.2, 0.25) is 0 Å². The van der Waals surface area contributed by atoms with E-state index in [1.807, 2.05) is 4.90 Å². The van der Waals surface area contributed by atoms with Crippen molar-refractivity contribution in [2.24, 2.45) is 7.05 Å². The number of halogens is 3. The van der Waals surface area contributed by atoms with Gasteiger partial charge in [0.2, 0.25) is 0 Å². The van der Waals surface area contributed by atoms with Gasteiger partial charge in [-0.25, -0.2) is 9.97 Å². The number of rotatable bonds is 4. The zero-order valence-electron chi connectivity index (χ0n) is 19.7. The Morgan fingerprint density at radius 1 is 1.05 bits per heavy atom. The summed E-state index contributed by atoms with van der Waals surface area (Å²) in [5.74, 6) is 0.195. The molecule has 0 radical (unpaired) electrons. The number of hydrogen-bond donors (Lipinski definition) is 1. The van der Waals surface area contributed by atoms with Crippen molar-refractivity contribution in [2.75, 3.05) is 36.5 Å². The number of pyridine rings is 1. The standard InChI is InChI=1S/C26H22F3N5O3/c1-33-23(16-4-2-5-17(14-16)26(27,28)29)32-22-19(6-3-7-20(22)25(33)36)24(35)31-18-8-9-30-21(15-18)34-10-12-37-13-11-34/h2-9,14-15H,10-13H2,1H3,(H,30,31,35). The first-order chi connectivity index (χ1) is 17.7. The number of morpholine rings is 1. The predicted molar refractivity (Wildman–Crippen MR) is 133 cm³/mol. The van der Waals surface area contributed by atoms with E-state index in [-0.39, 0.29) is 27.9 Å². The summed E-state index contributed by atoms with van der Waals surface area (Å²) in [6.07, 6.45) is -2.97. The minimum atomic E-state index is -4.55. The summed E-state index contributed by atoms with van der Waals surface area (Å²) in [5, 5.41) is 2.99. The van der Waals surface area contributed by atoms with Crippen molar-refractivity contribution >= 4 is 28.3 Å². The van der Waals surface area contributed by atoms with Gasteiger partial charge in [0, 0.05) is 43.7 Å². The van der Waals surface area contributed by atoms with Gasteiger partial charge < -0.3 is 15.0 Å². The second kappa shape index (κ2) is 9.66. The van der Waals surface area contributed by atoms with Crippen molar-refractivity contribution in [2.45, 2.75) is 6.18 Å². The van der Waals surface area contributed by atoms with E-state index < -0.39 is 23.2 Å². The van der Waals surface area contributed by atoms with Crippen molar-refractivity contribution in [1.29, 1.82) is 0 Å². The zero-order chi connectivity index (χ0) is 26.2. The highest BCUT2D eigenvalue weighted by molar-refractivity contribution is 6.12. The van der Waals surface area contributed by atoms with Gasteiger partial charge in [0.15, 0.2) is 0 Å². The van der Waals surface area contributed by atoms with Crippen LogP contribution in [-0.2, 0) is 18.0 Å². The number of carbonyl (C=O) groups is 1. The molecule has 0 bridgehead atoms. The van der Waals surface area contributed by atoms with Crippen molar-refractivity contribution in [3.63, 3.8) is 0 Å². The first-order valence-electron chi connectivity index (χ1n) is 11.5. The molecule has 0 spiro atoms. The Hall–Kier alpha value is -4.25. The average molecular weight is 509 g/mol. The predicted octanol–water partition coefficient (Wildman–Crippen LogP) is 4.10. The van der Waals surface area contributed by atoms with Gasteiger partial charge in [0.25, 0.3) is 11.5 Å². The highest BCUT2D eigenvalue weighted by Crippen LogP contribution is 2.32. The molecule has 0 unspecified atom stereocenters. The lowest BCUT2D eigenvalue weighted by atomic mass is 10.1. The van der Waals surface area contributed by atoms with E-state index in [1.54, 1.807) is 24.4 Å². The first kappa shape index (κ1) is 24.4. The molecular formula is C26H22F3N5O3. The number of fused-ring (bicyclic) bond motifs is 1. The first-order valence-corrected chi connectivity index (χ1v) is 11.5. The molecule has 3 heterocycles. The van der Waals surface area contributed by atoms with Crippen LogP contribution in [0.25, 0.3) is 22.3 Å². The number of carbonyl (C=O) groups excluding carboxylic acids is 1. The summed E-state index contributed by atoms with van der Waals surface area (Å²) in [6, 6.07) is 12.6. The van der Waals surface area contributed by atoms with Crippen LogP contribution < -0.4 is 15.8 Å². The third-order valence-electron chi connectivity index (χ3n) is 6.14. The Kier molecular flexibility index (Phi) is 6.38. The number of hydrogen-bond acceptors (Lipinski definition) is 6. The van der Waals surface area contributed by atoms with Crippen molar-refractivity contribution in [3.05, 3.63) is 82.3 Å². The molecule has 1 aliphatic heterocycles. The van der Waals surface area contributed by atoms with Gasteiger partial charge in [0.1, 0.15) is 11.6 Å². The molecule has 8 nitrogen and oxygen atoms in total. The smallest absolute Gasteiger partial charge is 0.378 e. The lowest BCUT2D eigenvalue weighted by molar-refractivity contribution is -0.137. The maximum Gasteiger partial charge on any atom is 0.416 e. The number of benzene rings is 2. The molecule has 1 aliphatic rings. The molecule has 5 rings (SSSR count). The Balaban J connectivity index is 1.53. The highest BCUT2D eigenvalue weighted by Gasteiger charge is 2.31. The van der Waals surface area contributed by atoms with Gasteiger partial charge in [-0.3, -0.25) is 14.2 Å². The molecule has 1 saturated heterocycles. The van der Waals surface area contributed by atoms with Gasteiger partial charge in [-0.1, -0.05) is 18.2 Å². The third kappa shape index (κ3) is 4.90. The molecule has 4 aromatic rings. The number of nitrogens with one attached hydrogen (secondary N) is 1. The number of alkyl halides is 3. The summed E-state index contributed by atoms with van der Waals surface area (Å²) in [7, 11) is 1.43. The van der Waals surface area contributed by atoms with Gasteiger partial charge >= 0.3 is 6.18 Å². The molecule has 0 saturated carbocycles. The van der Waals surface area contributed by atoms with E-state index in [2.05, 4.69) is 15.3 Å². The lowest BCUT2D eigenvalue weighted by Crippen LogP contribution is -2.36. The number of anilines is 2. The molecule has 0 aliphatic carbocycles. The van der Waals surface area contributed by atoms with Crippen LogP contribution in [0.1, 0.15) is 15.9 Å². The molecule has 11 heteroatoms. The summed E-state index contributed by atoms with van der Waals surface area (Å²) < 4.78 is 46.4. The molecule has 1 fully saturated rings. The minimum Gasteiger partial charge on any atom is -0.378 e. The van der Waals surface area contributed by atoms with Crippen LogP contribution in [0.5, 0.6) is 0 Å². The summed E-state index contributed by atoms with van der Waals surface area (Å²) in [5.41, 5.74) is -0.521. The second-order valence-corrected chi connectivity index (χ2v) is 8.54. The Labute approximate surface area is 209 Å². The van der Waals surface area contributed by atoms with E-state index in [0.717, 1.165) is 12.1 Å². The zero-order valence-corrected chi connectivity index (χ0v) is 19.7. The molecule has 190 valence electrons. The summed E-state index contributed by atoms with van der Waals surface area (Å²) in [4.78, 5) is 37.3. The molecule has 1 N–H and O–H groups in total. The molecule has 2 aromatic heterocycles. The van der Waals surface area contributed by atoms with Crippen LogP contribution in [0.4, 0.5) is 24.7 Å². The fourth-order valence-corrected chi connectivity index (χ4v) is 4.23. The van der Waals surface area contributed by atoms with Crippen LogP contribution in [0.15, 0.2) is 65.6 Å². The molecular weight excluding hydrogens is 487 g/mol. The maximum atomic E-state index is 13.3. The van der Waals surface area contributed by atoms with Crippen LogP contribution in [-0.4, -0.2) is 46.7 Å². The van der Waals surface area contributed by atoms with E-state index in [1.165, 1.54) is 35.9 Å². The van der Waals surface area contributed by atoms with E-state index in [4.69, 9.17) is 4.74 Å². The van der Waals surface area contributed by atoms with Crippen molar-refractivity contribution in [1.82, 2.24) is 14.5 Å². The van der Waals surface area contributed by atoms with Crippen LogP contribution >= 0.6 is 0 Å². The van der Waals surface area contributed by atoms with Crippen LogP contribution in [0, 0.1) is 0 Å². The number of amides is 1. The van der Waals surface area contributed by atoms with E-state index >= 15 is 0 Å². The topological polar surface area (TPSA) is 89.3 Å². The average Bonchev–Trinajstić information content (AvgIpc) is 2.90. The number of nitrogens with zero attached hydrogens (tertiary/aromatic N) is 4. The van der Waals surface area contributed by atoms with Crippen molar-refractivity contribution < 1.29 is 22.7 Å². The lowest BCUT2D eigenvalue weighted by Gasteiger charge is -2.28.